The molecule has 0 atom stereocenters. The Bertz CT molecular complexity index is 403. The summed E-state index contributed by atoms with van der Waals surface area (Å²) < 4.78 is 1.81. The molecule has 1 saturated carbocycles. The largest absolute Gasteiger partial charge is 0.323 e. The molecule has 88 valence electrons. The van der Waals surface area contributed by atoms with Crippen LogP contribution >= 0.6 is 0 Å². The quantitative estimate of drug-likeness (QED) is 0.832. The second-order valence-electron chi connectivity index (χ2n) is 4.64. The van der Waals surface area contributed by atoms with E-state index in [-0.39, 0.29) is 11.8 Å². The molecule has 1 amide bonds. The topological polar surface area (TPSA) is 46.9 Å². The lowest BCUT2D eigenvalue weighted by molar-refractivity contribution is -0.119. The van der Waals surface area contributed by atoms with Gasteiger partial charge in [-0.2, -0.15) is 5.10 Å². The van der Waals surface area contributed by atoms with Crippen molar-refractivity contribution in [2.45, 2.75) is 39.5 Å². The van der Waals surface area contributed by atoms with E-state index in [1.165, 1.54) is 12.8 Å². The summed E-state index contributed by atoms with van der Waals surface area (Å²) in [6.45, 7) is 3.90. The van der Waals surface area contributed by atoms with Crippen LogP contribution < -0.4 is 5.32 Å². The van der Waals surface area contributed by atoms with E-state index in [0.717, 1.165) is 29.9 Å². The minimum atomic E-state index is 0.164. The Morgan fingerprint density at radius 1 is 1.38 bits per heavy atom. The maximum absolute atomic E-state index is 12.0. The molecule has 0 radical (unpaired) electrons. The second kappa shape index (κ2) is 4.28. The molecule has 4 heteroatoms. The highest BCUT2D eigenvalue weighted by atomic mass is 16.1. The molecular weight excluding hydrogens is 202 g/mol. The van der Waals surface area contributed by atoms with Gasteiger partial charge in [-0.1, -0.05) is 12.8 Å². The van der Waals surface area contributed by atoms with Gasteiger partial charge in [0.1, 0.15) is 0 Å². The summed E-state index contributed by atoms with van der Waals surface area (Å²) in [5, 5.41) is 7.31. The molecule has 0 aromatic carbocycles. The zero-order chi connectivity index (χ0) is 11.7. The number of carbonyl (C=O) groups is 1. The van der Waals surface area contributed by atoms with Crippen molar-refractivity contribution in [2.24, 2.45) is 13.0 Å². The van der Waals surface area contributed by atoms with Gasteiger partial charge in [0, 0.05) is 13.0 Å². The van der Waals surface area contributed by atoms with E-state index in [2.05, 4.69) is 10.4 Å². The molecule has 16 heavy (non-hydrogen) atoms. The molecule has 1 aromatic rings. The van der Waals surface area contributed by atoms with Crippen molar-refractivity contribution in [3.8, 4) is 0 Å². The van der Waals surface area contributed by atoms with E-state index in [1.807, 2.05) is 20.9 Å². The third kappa shape index (κ3) is 1.96. The van der Waals surface area contributed by atoms with Gasteiger partial charge in [0.2, 0.25) is 5.91 Å². The normalized spacial score (nSPS) is 16.7. The first-order chi connectivity index (χ1) is 7.59. The van der Waals surface area contributed by atoms with Crippen LogP contribution in [0.1, 0.15) is 37.1 Å². The SMILES string of the molecule is Cc1nn(C)c(C)c1NC(=O)C1CCCC1. The van der Waals surface area contributed by atoms with Crippen molar-refractivity contribution in [1.29, 1.82) is 0 Å². The number of amides is 1. The minimum absolute atomic E-state index is 0.164. The first-order valence-electron chi connectivity index (χ1n) is 5.90. The van der Waals surface area contributed by atoms with Crippen LogP contribution in [-0.4, -0.2) is 15.7 Å². The van der Waals surface area contributed by atoms with Gasteiger partial charge in [-0.3, -0.25) is 9.48 Å². The third-order valence-electron chi connectivity index (χ3n) is 3.48. The lowest BCUT2D eigenvalue weighted by atomic mass is 10.1. The predicted octanol–water partition coefficient (Wildman–Crippen LogP) is 2.17. The highest BCUT2D eigenvalue weighted by Crippen LogP contribution is 2.27. The van der Waals surface area contributed by atoms with E-state index in [9.17, 15) is 4.79 Å². The van der Waals surface area contributed by atoms with Gasteiger partial charge in [0.05, 0.1) is 17.1 Å². The second-order valence-corrected chi connectivity index (χ2v) is 4.64. The van der Waals surface area contributed by atoms with Crippen LogP contribution in [0.4, 0.5) is 5.69 Å². The Balaban J connectivity index is 2.11. The van der Waals surface area contributed by atoms with Crippen LogP contribution in [0.2, 0.25) is 0 Å². The van der Waals surface area contributed by atoms with E-state index >= 15 is 0 Å². The third-order valence-corrected chi connectivity index (χ3v) is 3.48. The highest BCUT2D eigenvalue weighted by molar-refractivity contribution is 5.93. The van der Waals surface area contributed by atoms with Crippen LogP contribution in [0.5, 0.6) is 0 Å². The van der Waals surface area contributed by atoms with Crippen molar-refractivity contribution in [3.05, 3.63) is 11.4 Å². The fourth-order valence-electron chi connectivity index (χ4n) is 2.37. The summed E-state index contributed by atoms with van der Waals surface area (Å²) in [6.07, 6.45) is 4.43. The van der Waals surface area contributed by atoms with Crippen LogP contribution in [0.15, 0.2) is 0 Å². The molecule has 0 bridgehead atoms. The van der Waals surface area contributed by atoms with E-state index in [0.29, 0.717) is 0 Å². The molecule has 1 fully saturated rings. The maximum Gasteiger partial charge on any atom is 0.227 e. The molecule has 1 aromatic heterocycles. The number of hydrogen-bond donors (Lipinski definition) is 1. The van der Waals surface area contributed by atoms with Crippen molar-refractivity contribution in [1.82, 2.24) is 9.78 Å². The number of aromatic nitrogens is 2. The van der Waals surface area contributed by atoms with Gasteiger partial charge >= 0.3 is 0 Å². The van der Waals surface area contributed by atoms with Gasteiger partial charge < -0.3 is 5.32 Å². The number of rotatable bonds is 2. The lowest BCUT2D eigenvalue weighted by Crippen LogP contribution is -2.21. The van der Waals surface area contributed by atoms with Crippen molar-refractivity contribution >= 4 is 11.6 Å². The number of aryl methyl sites for hydroxylation is 2. The van der Waals surface area contributed by atoms with E-state index in [4.69, 9.17) is 0 Å². The van der Waals surface area contributed by atoms with Crippen LogP contribution in [0.3, 0.4) is 0 Å². The average molecular weight is 221 g/mol. The molecule has 0 saturated heterocycles. The molecule has 2 rings (SSSR count). The molecule has 1 N–H and O–H groups in total. The Hall–Kier alpha value is -1.32. The Morgan fingerprint density at radius 3 is 2.50 bits per heavy atom. The summed E-state index contributed by atoms with van der Waals surface area (Å²) in [5.74, 6) is 0.371. The summed E-state index contributed by atoms with van der Waals surface area (Å²) >= 11 is 0. The Kier molecular flexibility index (Phi) is 2.99. The fraction of sp³-hybridized carbons (Fsp3) is 0.667. The summed E-state index contributed by atoms with van der Waals surface area (Å²) in [5.41, 5.74) is 2.80. The summed E-state index contributed by atoms with van der Waals surface area (Å²) in [6, 6.07) is 0. The van der Waals surface area contributed by atoms with Crippen LogP contribution in [-0.2, 0) is 11.8 Å². The first kappa shape index (κ1) is 11.2. The van der Waals surface area contributed by atoms with Crippen molar-refractivity contribution in [3.63, 3.8) is 0 Å². The summed E-state index contributed by atoms with van der Waals surface area (Å²) in [7, 11) is 1.90. The lowest BCUT2D eigenvalue weighted by Gasteiger charge is -2.10. The average Bonchev–Trinajstić information content (AvgIpc) is 2.83. The van der Waals surface area contributed by atoms with Gasteiger partial charge in [0.15, 0.2) is 0 Å². The standard InChI is InChI=1S/C12H19N3O/c1-8-11(9(2)15(3)14-8)13-12(16)10-6-4-5-7-10/h10H,4-7H2,1-3H3,(H,13,16). The van der Waals surface area contributed by atoms with Crippen molar-refractivity contribution in [2.75, 3.05) is 5.32 Å². The zero-order valence-corrected chi connectivity index (χ0v) is 10.2. The monoisotopic (exact) mass is 221 g/mol. The van der Waals surface area contributed by atoms with Gasteiger partial charge in [0.25, 0.3) is 0 Å². The molecule has 1 aliphatic rings. The van der Waals surface area contributed by atoms with Crippen LogP contribution in [0, 0.1) is 19.8 Å². The first-order valence-corrected chi connectivity index (χ1v) is 5.90. The fourth-order valence-corrected chi connectivity index (χ4v) is 2.37. The van der Waals surface area contributed by atoms with E-state index in [1.54, 1.807) is 4.68 Å². The number of carbonyl (C=O) groups excluding carboxylic acids is 1. The predicted molar refractivity (Wildman–Crippen MR) is 63.3 cm³/mol. The Labute approximate surface area is 96.0 Å². The van der Waals surface area contributed by atoms with E-state index < -0.39 is 0 Å². The van der Waals surface area contributed by atoms with Gasteiger partial charge in [-0.15, -0.1) is 0 Å². The highest BCUT2D eigenvalue weighted by Gasteiger charge is 2.24. The van der Waals surface area contributed by atoms with Crippen LogP contribution in [0.25, 0.3) is 0 Å². The Morgan fingerprint density at radius 2 is 2.00 bits per heavy atom. The summed E-state index contributed by atoms with van der Waals surface area (Å²) in [4.78, 5) is 12.0. The number of anilines is 1. The van der Waals surface area contributed by atoms with Gasteiger partial charge in [-0.25, -0.2) is 0 Å². The molecule has 1 aliphatic carbocycles. The zero-order valence-electron chi connectivity index (χ0n) is 10.2. The molecule has 0 aliphatic heterocycles. The number of nitrogens with zero attached hydrogens (tertiary/aromatic N) is 2. The molecule has 0 spiro atoms. The maximum atomic E-state index is 12.0. The number of hydrogen-bond acceptors (Lipinski definition) is 2. The smallest absolute Gasteiger partial charge is 0.227 e. The molecular formula is C12H19N3O. The minimum Gasteiger partial charge on any atom is -0.323 e. The van der Waals surface area contributed by atoms with Gasteiger partial charge in [-0.05, 0) is 26.7 Å². The molecule has 4 nitrogen and oxygen atoms in total. The van der Waals surface area contributed by atoms with Crippen molar-refractivity contribution < 1.29 is 4.79 Å². The molecule has 0 unspecified atom stereocenters. The number of nitrogens with one attached hydrogen (secondary N) is 1. The molecule has 1 heterocycles.